The molecule has 1 N–H and O–H groups in total. The smallest absolute Gasteiger partial charge is 0.277 e. The molecule has 0 fully saturated rings. The molecule has 134 valence electrons. The number of nitrogens with zero attached hydrogens (tertiary/aromatic N) is 7. The molecule has 4 rings (SSSR count). The Morgan fingerprint density at radius 1 is 1.15 bits per heavy atom. The van der Waals surface area contributed by atoms with Gasteiger partial charge in [0.1, 0.15) is 12.0 Å². The van der Waals surface area contributed by atoms with Gasteiger partial charge in [0, 0.05) is 23.3 Å². The van der Waals surface area contributed by atoms with E-state index in [0.29, 0.717) is 16.6 Å². The lowest BCUT2D eigenvalue weighted by molar-refractivity contribution is 0.101. The van der Waals surface area contributed by atoms with E-state index in [2.05, 4.69) is 35.6 Å². The lowest BCUT2D eigenvalue weighted by Gasteiger charge is -2.04. The molecule has 27 heavy (non-hydrogen) atoms. The summed E-state index contributed by atoms with van der Waals surface area (Å²) in [6, 6.07) is 5.55. The van der Waals surface area contributed by atoms with Crippen LogP contribution in [0.1, 0.15) is 21.7 Å². The van der Waals surface area contributed by atoms with Gasteiger partial charge in [-0.1, -0.05) is 11.3 Å². The highest BCUT2D eigenvalue weighted by atomic mass is 32.1. The maximum Gasteiger partial charge on any atom is 0.277 e. The fourth-order valence-electron chi connectivity index (χ4n) is 2.35. The van der Waals surface area contributed by atoms with Gasteiger partial charge in [-0.15, -0.1) is 16.4 Å². The highest BCUT2D eigenvalue weighted by Crippen LogP contribution is 2.24. The SMILES string of the molecule is Cc1ccc(-c2csc(NC(=O)c3cnnn3-c3ccncn3)n2)nc1C. The van der Waals surface area contributed by atoms with Gasteiger partial charge in [0.25, 0.3) is 5.91 Å². The van der Waals surface area contributed by atoms with Crippen molar-refractivity contribution in [2.75, 3.05) is 5.32 Å². The molecule has 0 radical (unpaired) electrons. The quantitative estimate of drug-likeness (QED) is 0.580. The zero-order chi connectivity index (χ0) is 18.8. The Labute approximate surface area is 158 Å². The standard InChI is InChI=1S/C17H14N8OS/c1-10-3-4-12(21-11(10)2)13-8-27-17(22-13)23-16(26)14-7-20-24-25(14)15-5-6-18-9-19-15/h3-9H,1-2H3,(H,22,23,26). The molecule has 0 spiro atoms. The molecule has 9 nitrogen and oxygen atoms in total. The van der Waals surface area contributed by atoms with Crippen LogP contribution in [0.2, 0.25) is 0 Å². The number of aryl methyl sites for hydroxylation is 2. The molecule has 0 aliphatic heterocycles. The fourth-order valence-corrected chi connectivity index (χ4v) is 3.05. The zero-order valence-electron chi connectivity index (χ0n) is 14.5. The number of nitrogens with one attached hydrogen (secondary N) is 1. The van der Waals surface area contributed by atoms with E-state index in [9.17, 15) is 4.79 Å². The molecule has 0 aliphatic rings. The molecule has 4 heterocycles. The van der Waals surface area contributed by atoms with Crippen molar-refractivity contribution >= 4 is 22.4 Å². The van der Waals surface area contributed by atoms with Crippen LogP contribution in [0.4, 0.5) is 5.13 Å². The minimum Gasteiger partial charge on any atom is -0.296 e. The molecule has 0 aromatic carbocycles. The van der Waals surface area contributed by atoms with Gasteiger partial charge < -0.3 is 0 Å². The van der Waals surface area contributed by atoms with Crippen LogP contribution in [-0.4, -0.2) is 40.8 Å². The number of aromatic nitrogens is 7. The van der Waals surface area contributed by atoms with Gasteiger partial charge in [-0.3, -0.25) is 15.1 Å². The van der Waals surface area contributed by atoms with Crippen LogP contribution >= 0.6 is 11.3 Å². The summed E-state index contributed by atoms with van der Waals surface area (Å²) in [5.74, 6) is 0.0689. The summed E-state index contributed by atoms with van der Waals surface area (Å²) >= 11 is 1.32. The summed E-state index contributed by atoms with van der Waals surface area (Å²) in [4.78, 5) is 29.5. The first kappa shape index (κ1) is 16.9. The first-order chi connectivity index (χ1) is 13.1. The van der Waals surface area contributed by atoms with E-state index >= 15 is 0 Å². The van der Waals surface area contributed by atoms with E-state index in [1.54, 1.807) is 12.3 Å². The second-order valence-corrected chi connectivity index (χ2v) is 6.55. The fraction of sp³-hybridized carbons (Fsp3) is 0.118. The maximum absolute atomic E-state index is 12.6. The van der Waals surface area contributed by atoms with Crippen LogP contribution < -0.4 is 5.32 Å². The molecule has 0 saturated heterocycles. The maximum atomic E-state index is 12.6. The predicted octanol–water partition coefficient (Wildman–Crippen LogP) is 2.44. The minimum atomic E-state index is -0.382. The van der Waals surface area contributed by atoms with Gasteiger partial charge in [-0.2, -0.15) is 4.68 Å². The molecule has 0 aliphatic carbocycles. The van der Waals surface area contributed by atoms with E-state index in [1.165, 1.54) is 28.5 Å². The third-order valence-electron chi connectivity index (χ3n) is 3.90. The first-order valence-electron chi connectivity index (χ1n) is 8.00. The van der Waals surface area contributed by atoms with Gasteiger partial charge in [-0.25, -0.2) is 15.0 Å². The lowest BCUT2D eigenvalue weighted by Crippen LogP contribution is -2.17. The molecule has 0 atom stereocenters. The predicted molar refractivity (Wildman–Crippen MR) is 99.7 cm³/mol. The Morgan fingerprint density at radius 2 is 2.04 bits per heavy atom. The number of thiazole rings is 1. The normalized spacial score (nSPS) is 10.7. The molecule has 1 amide bonds. The van der Waals surface area contributed by atoms with E-state index in [1.807, 2.05) is 31.4 Å². The molecule has 4 aromatic heterocycles. The van der Waals surface area contributed by atoms with Crippen LogP contribution in [-0.2, 0) is 0 Å². The molecule has 4 aromatic rings. The van der Waals surface area contributed by atoms with Gasteiger partial charge in [0.2, 0.25) is 0 Å². The second kappa shape index (κ2) is 7.00. The van der Waals surface area contributed by atoms with E-state index in [0.717, 1.165) is 17.0 Å². The van der Waals surface area contributed by atoms with E-state index in [-0.39, 0.29) is 11.6 Å². The summed E-state index contributed by atoms with van der Waals surface area (Å²) in [7, 11) is 0. The van der Waals surface area contributed by atoms with Crippen LogP contribution in [0.15, 0.2) is 42.3 Å². The highest BCUT2D eigenvalue weighted by Gasteiger charge is 2.17. The number of rotatable bonds is 4. The van der Waals surface area contributed by atoms with Crippen LogP contribution in [0.5, 0.6) is 0 Å². The third-order valence-corrected chi connectivity index (χ3v) is 4.66. The molecular weight excluding hydrogens is 364 g/mol. The van der Waals surface area contributed by atoms with Crippen molar-refractivity contribution in [1.29, 1.82) is 0 Å². The van der Waals surface area contributed by atoms with Crippen molar-refractivity contribution < 1.29 is 4.79 Å². The van der Waals surface area contributed by atoms with Crippen LogP contribution in [0.25, 0.3) is 17.2 Å². The monoisotopic (exact) mass is 378 g/mol. The number of amides is 1. The molecule has 0 unspecified atom stereocenters. The van der Waals surface area contributed by atoms with E-state index in [4.69, 9.17) is 0 Å². The second-order valence-electron chi connectivity index (χ2n) is 5.69. The summed E-state index contributed by atoms with van der Waals surface area (Å²) in [5.41, 5.74) is 3.79. The summed E-state index contributed by atoms with van der Waals surface area (Å²) in [6.45, 7) is 3.96. The largest absolute Gasteiger partial charge is 0.296 e. The Balaban J connectivity index is 1.56. The minimum absolute atomic E-state index is 0.245. The Kier molecular flexibility index (Phi) is 4.38. The Hall–Kier alpha value is -3.53. The number of pyridine rings is 1. The highest BCUT2D eigenvalue weighted by molar-refractivity contribution is 7.14. The Morgan fingerprint density at radius 3 is 2.81 bits per heavy atom. The van der Waals surface area contributed by atoms with Gasteiger partial charge in [0.05, 0.1) is 11.9 Å². The average Bonchev–Trinajstić information content (AvgIpc) is 3.34. The topological polar surface area (TPSA) is 111 Å². The number of anilines is 1. The van der Waals surface area contributed by atoms with Crippen molar-refractivity contribution in [3.8, 4) is 17.2 Å². The van der Waals surface area contributed by atoms with Crippen molar-refractivity contribution in [3.63, 3.8) is 0 Å². The number of carbonyl (C=O) groups is 1. The number of carbonyl (C=O) groups excluding carboxylic acids is 1. The van der Waals surface area contributed by atoms with Gasteiger partial charge >= 0.3 is 0 Å². The number of hydrogen-bond acceptors (Lipinski definition) is 8. The van der Waals surface area contributed by atoms with Gasteiger partial charge in [0.15, 0.2) is 16.6 Å². The van der Waals surface area contributed by atoms with Crippen molar-refractivity contribution in [3.05, 3.63) is 59.3 Å². The third kappa shape index (κ3) is 3.42. The summed E-state index contributed by atoms with van der Waals surface area (Å²) in [5, 5.41) is 12.8. The van der Waals surface area contributed by atoms with Crippen LogP contribution in [0, 0.1) is 13.8 Å². The van der Waals surface area contributed by atoms with Crippen molar-refractivity contribution in [1.82, 2.24) is 34.9 Å². The van der Waals surface area contributed by atoms with Crippen molar-refractivity contribution in [2.45, 2.75) is 13.8 Å². The molecule has 10 heteroatoms. The summed E-state index contributed by atoms with van der Waals surface area (Å²) in [6.07, 6.45) is 4.31. The zero-order valence-corrected chi connectivity index (χ0v) is 15.3. The lowest BCUT2D eigenvalue weighted by atomic mass is 10.2. The van der Waals surface area contributed by atoms with Gasteiger partial charge in [-0.05, 0) is 25.5 Å². The first-order valence-corrected chi connectivity index (χ1v) is 8.88. The Bertz CT molecular complexity index is 1110. The molecular formula is C17H14N8OS. The number of hydrogen-bond donors (Lipinski definition) is 1. The average molecular weight is 378 g/mol. The van der Waals surface area contributed by atoms with Crippen molar-refractivity contribution in [2.24, 2.45) is 0 Å². The summed E-state index contributed by atoms with van der Waals surface area (Å²) < 4.78 is 1.34. The molecule has 0 saturated carbocycles. The molecule has 0 bridgehead atoms. The van der Waals surface area contributed by atoms with E-state index < -0.39 is 0 Å². The van der Waals surface area contributed by atoms with Crippen LogP contribution in [0.3, 0.4) is 0 Å².